The summed E-state index contributed by atoms with van der Waals surface area (Å²) in [4.78, 5) is 32.8. The highest BCUT2D eigenvalue weighted by Crippen LogP contribution is 2.27. The maximum atomic E-state index is 13.7. The molecule has 0 radical (unpaired) electrons. The summed E-state index contributed by atoms with van der Waals surface area (Å²) in [6, 6.07) is 3.82. The largest absolute Gasteiger partial charge is 0.456 e. The summed E-state index contributed by atoms with van der Waals surface area (Å²) in [5, 5.41) is 1.65. The predicted octanol–water partition coefficient (Wildman–Crippen LogP) is 7.85. The van der Waals surface area contributed by atoms with Gasteiger partial charge >= 0.3 is 11.9 Å². The number of hydrogen-bond acceptors (Lipinski definition) is 6. The van der Waals surface area contributed by atoms with Crippen molar-refractivity contribution < 1.29 is 23.9 Å². The quantitative estimate of drug-likeness (QED) is 0.151. The van der Waals surface area contributed by atoms with Crippen molar-refractivity contribution in [2.75, 3.05) is 26.3 Å². The highest BCUT2D eigenvalue weighted by Gasteiger charge is 2.29. The molecule has 1 aliphatic rings. The van der Waals surface area contributed by atoms with Crippen LogP contribution in [-0.2, 0) is 27.2 Å². The normalized spacial score (nSPS) is 14.4. The molecule has 1 heterocycles. The molecule has 0 N–H and O–H groups in total. The van der Waals surface area contributed by atoms with Crippen molar-refractivity contribution in [2.45, 2.75) is 130 Å². The van der Waals surface area contributed by atoms with Gasteiger partial charge in [-0.25, -0.2) is 9.59 Å². The summed E-state index contributed by atoms with van der Waals surface area (Å²) >= 11 is 0. The second-order valence-corrected chi connectivity index (χ2v) is 11.6. The number of benzene rings is 1. The zero-order valence-electron chi connectivity index (χ0n) is 24.9. The van der Waals surface area contributed by atoms with E-state index in [1.165, 1.54) is 57.8 Å². The third-order valence-electron chi connectivity index (χ3n) is 6.99. The van der Waals surface area contributed by atoms with Gasteiger partial charge in [-0.1, -0.05) is 84.1 Å². The molecule has 0 unspecified atom stereocenters. The first-order valence-corrected chi connectivity index (χ1v) is 15.2. The number of morpholine rings is 1. The first-order valence-electron chi connectivity index (χ1n) is 15.2. The molecule has 38 heavy (non-hydrogen) atoms. The molecule has 0 saturated carbocycles. The Hall–Kier alpha value is -1.92. The van der Waals surface area contributed by atoms with Crippen molar-refractivity contribution in [3.05, 3.63) is 34.4 Å². The molecule has 6 nitrogen and oxygen atoms in total. The summed E-state index contributed by atoms with van der Waals surface area (Å²) in [7, 11) is 0. The van der Waals surface area contributed by atoms with E-state index < -0.39 is 17.5 Å². The number of hydrogen-bond donors (Lipinski definition) is 0. The first kappa shape index (κ1) is 32.3. The Morgan fingerprint density at radius 3 is 1.92 bits per heavy atom. The number of carbonyl (C=O) groups excluding carboxylic acids is 2. The number of ether oxygens (including phenoxy) is 2. The molecule has 0 aromatic heterocycles. The Morgan fingerprint density at radius 1 is 0.789 bits per heavy atom. The molecule has 0 spiro atoms. The van der Waals surface area contributed by atoms with Crippen LogP contribution < -0.4 is 0 Å². The molecule has 1 aromatic rings. The number of carbonyl (C=O) groups is 2. The smallest absolute Gasteiger partial charge is 0.358 e. The van der Waals surface area contributed by atoms with Crippen LogP contribution in [0.25, 0.3) is 0 Å². The van der Waals surface area contributed by atoms with Crippen LogP contribution in [-0.4, -0.2) is 48.9 Å². The fourth-order valence-corrected chi connectivity index (χ4v) is 4.93. The highest BCUT2D eigenvalue weighted by atomic mass is 16.7. The Balaban J connectivity index is 2.34. The van der Waals surface area contributed by atoms with Gasteiger partial charge in [0, 0.05) is 0 Å². The average molecular weight is 532 g/mol. The lowest BCUT2D eigenvalue weighted by Gasteiger charge is -2.27. The van der Waals surface area contributed by atoms with Gasteiger partial charge in [-0.15, -0.1) is 5.06 Å². The molecule has 0 amide bonds. The van der Waals surface area contributed by atoms with Gasteiger partial charge in [0.25, 0.3) is 0 Å². The van der Waals surface area contributed by atoms with Crippen LogP contribution in [0.3, 0.4) is 0 Å². The fourth-order valence-electron chi connectivity index (χ4n) is 4.93. The van der Waals surface area contributed by atoms with Crippen molar-refractivity contribution in [3.63, 3.8) is 0 Å². The number of nitrogens with zero attached hydrogens (tertiary/aromatic N) is 1. The van der Waals surface area contributed by atoms with E-state index in [-0.39, 0.29) is 0 Å². The average Bonchev–Trinajstić information content (AvgIpc) is 2.87. The lowest BCUT2D eigenvalue weighted by atomic mass is 9.89. The van der Waals surface area contributed by atoms with Crippen LogP contribution in [0.5, 0.6) is 0 Å². The summed E-state index contributed by atoms with van der Waals surface area (Å²) < 4.78 is 11.1. The molecule has 1 saturated heterocycles. The van der Waals surface area contributed by atoms with Gasteiger partial charge in [0.15, 0.2) is 0 Å². The van der Waals surface area contributed by atoms with E-state index in [9.17, 15) is 9.59 Å². The second kappa shape index (κ2) is 17.6. The Labute approximate surface area is 231 Å². The minimum atomic E-state index is -0.654. The molecule has 1 aromatic carbocycles. The number of rotatable bonds is 17. The second-order valence-electron chi connectivity index (χ2n) is 11.6. The number of esters is 1. The van der Waals surface area contributed by atoms with Crippen molar-refractivity contribution in [1.29, 1.82) is 0 Å². The van der Waals surface area contributed by atoms with Crippen LogP contribution in [0.1, 0.15) is 144 Å². The van der Waals surface area contributed by atoms with Crippen LogP contribution in [0.15, 0.2) is 12.1 Å². The Bertz CT molecular complexity index is 839. The van der Waals surface area contributed by atoms with E-state index >= 15 is 0 Å². The first-order chi connectivity index (χ1) is 18.3. The van der Waals surface area contributed by atoms with Gasteiger partial charge in [-0.3, -0.25) is 0 Å². The van der Waals surface area contributed by atoms with Crippen LogP contribution in [0.2, 0.25) is 0 Å². The molecule has 0 bridgehead atoms. The molecule has 0 atom stereocenters. The van der Waals surface area contributed by atoms with Gasteiger partial charge in [-0.05, 0) is 63.6 Å². The fraction of sp³-hybridized carbons (Fsp3) is 0.750. The van der Waals surface area contributed by atoms with Gasteiger partial charge < -0.3 is 14.3 Å². The maximum absolute atomic E-state index is 13.7. The van der Waals surface area contributed by atoms with Crippen molar-refractivity contribution in [2.24, 2.45) is 0 Å². The summed E-state index contributed by atoms with van der Waals surface area (Å²) in [6.07, 6.45) is 16.0. The van der Waals surface area contributed by atoms with E-state index in [4.69, 9.17) is 14.3 Å². The van der Waals surface area contributed by atoms with Crippen LogP contribution in [0, 0.1) is 0 Å². The van der Waals surface area contributed by atoms with E-state index in [1.54, 1.807) is 11.1 Å². The molecule has 1 fully saturated rings. The summed E-state index contributed by atoms with van der Waals surface area (Å²) in [6.45, 7) is 12.1. The van der Waals surface area contributed by atoms with Crippen molar-refractivity contribution in [3.8, 4) is 0 Å². The minimum absolute atomic E-state index is 0.311. The van der Waals surface area contributed by atoms with E-state index in [0.29, 0.717) is 37.4 Å². The standard InChI is InChI=1S/C32H53NO5/c1-6-8-10-12-14-16-18-26-20-21-28(30(34)37-32(3,4)5)29(27(26)19-17-15-13-11-9-7-2)31(35)38-33-22-24-36-25-23-33/h20-21H,6-19,22-25H2,1-5H3. The molecule has 1 aliphatic heterocycles. The van der Waals surface area contributed by atoms with Gasteiger partial charge in [0.1, 0.15) is 5.60 Å². The zero-order valence-corrected chi connectivity index (χ0v) is 24.9. The topological polar surface area (TPSA) is 65.1 Å². The lowest BCUT2D eigenvalue weighted by molar-refractivity contribution is -0.150. The summed E-state index contributed by atoms with van der Waals surface area (Å²) in [5.74, 6) is -0.930. The summed E-state index contributed by atoms with van der Waals surface area (Å²) in [5.41, 5.74) is 2.18. The predicted molar refractivity (Wildman–Crippen MR) is 154 cm³/mol. The third kappa shape index (κ3) is 11.9. The number of aryl methyl sites for hydroxylation is 1. The van der Waals surface area contributed by atoms with Gasteiger partial charge in [0.2, 0.25) is 0 Å². The van der Waals surface area contributed by atoms with E-state index in [1.807, 2.05) is 26.8 Å². The third-order valence-corrected chi connectivity index (χ3v) is 6.99. The van der Waals surface area contributed by atoms with Crippen molar-refractivity contribution in [1.82, 2.24) is 5.06 Å². The zero-order chi connectivity index (χ0) is 27.8. The Kier molecular flexibility index (Phi) is 15.0. The SMILES string of the molecule is CCCCCCCCc1ccc(C(=O)OC(C)(C)C)c(C(=O)ON2CCOCC2)c1CCCCCCCC. The molecule has 2 rings (SSSR count). The number of hydroxylamine groups is 2. The van der Waals surface area contributed by atoms with E-state index in [2.05, 4.69) is 13.8 Å². The molecular formula is C32H53NO5. The van der Waals surface area contributed by atoms with Crippen molar-refractivity contribution >= 4 is 11.9 Å². The van der Waals surface area contributed by atoms with Crippen LogP contribution in [0.4, 0.5) is 0 Å². The Morgan fingerprint density at radius 2 is 1.34 bits per heavy atom. The van der Waals surface area contributed by atoms with Gasteiger partial charge in [-0.2, -0.15) is 0 Å². The maximum Gasteiger partial charge on any atom is 0.358 e. The van der Waals surface area contributed by atoms with E-state index in [0.717, 1.165) is 43.2 Å². The lowest BCUT2D eigenvalue weighted by Crippen LogP contribution is -2.38. The molecule has 6 heteroatoms. The van der Waals surface area contributed by atoms with Crippen LogP contribution >= 0.6 is 0 Å². The number of unbranched alkanes of at least 4 members (excludes halogenated alkanes) is 10. The molecular weight excluding hydrogens is 478 g/mol. The molecule has 0 aliphatic carbocycles. The minimum Gasteiger partial charge on any atom is -0.456 e. The monoisotopic (exact) mass is 531 g/mol. The highest BCUT2D eigenvalue weighted by molar-refractivity contribution is 6.04. The van der Waals surface area contributed by atoms with Gasteiger partial charge in [0.05, 0.1) is 37.4 Å². The molecule has 216 valence electrons.